The quantitative estimate of drug-likeness (QED) is 0.643. The summed E-state index contributed by atoms with van der Waals surface area (Å²) in [6.45, 7) is 3.66. The van der Waals surface area contributed by atoms with Crippen molar-refractivity contribution in [3.05, 3.63) is 63.2 Å². The molecule has 0 amide bonds. The monoisotopic (exact) mass is 310 g/mol. The highest BCUT2D eigenvalue weighted by atomic mass is 19.4. The molecule has 7 heteroatoms. The van der Waals surface area contributed by atoms with Crippen LogP contribution >= 0.6 is 0 Å². The number of rotatable bonds is 3. The Morgan fingerprint density at radius 2 is 1.73 bits per heavy atom. The number of anilines is 2. The van der Waals surface area contributed by atoms with E-state index in [1.807, 2.05) is 19.1 Å². The summed E-state index contributed by atoms with van der Waals surface area (Å²) >= 11 is 0. The van der Waals surface area contributed by atoms with Crippen molar-refractivity contribution in [1.82, 2.24) is 0 Å². The molecule has 1 N–H and O–H groups in total. The van der Waals surface area contributed by atoms with Gasteiger partial charge in [0.15, 0.2) is 0 Å². The lowest BCUT2D eigenvalue weighted by molar-refractivity contribution is -0.384. The smallest absolute Gasteiger partial charge is 0.350 e. The van der Waals surface area contributed by atoms with Gasteiger partial charge in [-0.05, 0) is 43.2 Å². The predicted octanol–water partition coefficient (Wildman–Crippen LogP) is 4.97. The van der Waals surface area contributed by atoms with Crippen molar-refractivity contribution in [1.29, 1.82) is 0 Å². The second-order valence-corrected chi connectivity index (χ2v) is 4.93. The van der Waals surface area contributed by atoms with Crippen LogP contribution in [0.15, 0.2) is 36.4 Å². The van der Waals surface area contributed by atoms with Crippen molar-refractivity contribution < 1.29 is 18.1 Å². The van der Waals surface area contributed by atoms with Gasteiger partial charge in [0.1, 0.15) is 5.69 Å². The highest BCUT2D eigenvalue weighted by Crippen LogP contribution is 2.36. The summed E-state index contributed by atoms with van der Waals surface area (Å²) in [6, 6.07) is 7.91. The second-order valence-electron chi connectivity index (χ2n) is 4.93. The Labute approximate surface area is 124 Å². The standard InChI is InChI=1S/C15H13F3N2O2/c1-9-3-4-10(2)13(7-9)19-12-6-5-11(15(16,17)18)8-14(12)20(21)22/h3-8,19H,1-2H3. The lowest BCUT2D eigenvalue weighted by Crippen LogP contribution is -2.07. The van der Waals surface area contributed by atoms with Gasteiger partial charge in [-0.15, -0.1) is 0 Å². The van der Waals surface area contributed by atoms with Crippen LogP contribution in [0.25, 0.3) is 0 Å². The third-order valence-electron chi connectivity index (χ3n) is 3.18. The van der Waals surface area contributed by atoms with Gasteiger partial charge in [-0.25, -0.2) is 0 Å². The van der Waals surface area contributed by atoms with Crippen LogP contribution in [0, 0.1) is 24.0 Å². The summed E-state index contributed by atoms with van der Waals surface area (Å²) in [5.41, 5.74) is 0.735. The number of benzene rings is 2. The first-order valence-electron chi connectivity index (χ1n) is 6.38. The number of hydrogen-bond donors (Lipinski definition) is 1. The molecule has 0 spiro atoms. The van der Waals surface area contributed by atoms with Gasteiger partial charge in [-0.3, -0.25) is 10.1 Å². The van der Waals surface area contributed by atoms with E-state index in [1.54, 1.807) is 13.0 Å². The molecule has 0 radical (unpaired) electrons. The van der Waals surface area contributed by atoms with Crippen LogP contribution in [0.1, 0.15) is 16.7 Å². The van der Waals surface area contributed by atoms with Crippen molar-refractivity contribution in [2.24, 2.45) is 0 Å². The van der Waals surface area contributed by atoms with E-state index < -0.39 is 22.4 Å². The molecule has 0 saturated carbocycles. The maximum atomic E-state index is 12.7. The largest absolute Gasteiger partial charge is 0.416 e. The van der Waals surface area contributed by atoms with Gasteiger partial charge in [-0.2, -0.15) is 13.2 Å². The van der Waals surface area contributed by atoms with Crippen LogP contribution in [0.5, 0.6) is 0 Å². The molecule has 2 aromatic carbocycles. The maximum absolute atomic E-state index is 12.7. The molecule has 0 unspecified atom stereocenters. The lowest BCUT2D eigenvalue weighted by atomic mass is 10.1. The Morgan fingerprint density at radius 1 is 1.05 bits per heavy atom. The van der Waals surface area contributed by atoms with Crippen LogP contribution in [0.3, 0.4) is 0 Å². The molecule has 0 fully saturated rings. The first-order chi connectivity index (χ1) is 10.2. The van der Waals surface area contributed by atoms with Gasteiger partial charge in [0.25, 0.3) is 5.69 Å². The minimum atomic E-state index is -4.62. The molecule has 116 valence electrons. The van der Waals surface area contributed by atoms with E-state index in [2.05, 4.69) is 5.32 Å². The zero-order chi connectivity index (χ0) is 16.5. The molecule has 0 bridgehead atoms. The van der Waals surface area contributed by atoms with Crippen LogP contribution in [0.4, 0.5) is 30.2 Å². The fourth-order valence-corrected chi connectivity index (χ4v) is 1.98. The topological polar surface area (TPSA) is 55.2 Å². The average Bonchev–Trinajstić information content (AvgIpc) is 2.42. The highest BCUT2D eigenvalue weighted by Gasteiger charge is 2.33. The zero-order valence-electron chi connectivity index (χ0n) is 11.9. The molecule has 4 nitrogen and oxygen atoms in total. The van der Waals surface area contributed by atoms with E-state index in [0.717, 1.165) is 23.3 Å². The molecular formula is C15H13F3N2O2. The van der Waals surface area contributed by atoms with E-state index >= 15 is 0 Å². The third kappa shape index (κ3) is 3.36. The number of aryl methyl sites for hydroxylation is 2. The zero-order valence-corrected chi connectivity index (χ0v) is 11.9. The molecule has 0 aromatic heterocycles. The fourth-order valence-electron chi connectivity index (χ4n) is 1.98. The molecule has 22 heavy (non-hydrogen) atoms. The number of hydrogen-bond acceptors (Lipinski definition) is 3. The van der Waals surface area contributed by atoms with Gasteiger partial charge in [0.05, 0.1) is 10.5 Å². The Hall–Kier alpha value is -2.57. The first kappa shape index (κ1) is 15.8. The van der Waals surface area contributed by atoms with E-state index in [0.29, 0.717) is 11.8 Å². The van der Waals surface area contributed by atoms with Gasteiger partial charge in [0.2, 0.25) is 0 Å². The Kier molecular flexibility index (Phi) is 4.07. The summed E-state index contributed by atoms with van der Waals surface area (Å²) in [6.07, 6.45) is -4.62. The van der Waals surface area contributed by atoms with Gasteiger partial charge in [-0.1, -0.05) is 12.1 Å². The van der Waals surface area contributed by atoms with E-state index in [1.165, 1.54) is 0 Å². The molecule has 0 aliphatic rings. The summed E-state index contributed by atoms with van der Waals surface area (Å²) < 4.78 is 38.0. The molecule has 0 aliphatic carbocycles. The summed E-state index contributed by atoms with van der Waals surface area (Å²) in [4.78, 5) is 10.2. The number of halogens is 3. The average molecular weight is 310 g/mol. The number of nitrogens with zero attached hydrogens (tertiary/aromatic N) is 1. The molecule has 2 aromatic rings. The maximum Gasteiger partial charge on any atom is 0.416 e. The molecule has 0 saturated heterocycles. The Bertz CT molecular complexity index is 727. The van der Waals surface area contributed by atoms with Crippen LogP contribution in [0.2, 0.25) is 0 Å². The second kappa shape index (κ2) is 5.67. The van der Waals surface area contributed by atoms with Crippen molar-refractivity contribution >= 4 is 17.1 Å². The van der Waals surface area contributed by atoms with E-state index in [-0.39, 0.29) is 5.69 Å². The number of nitro groups is 1. The Morgan fingerprint density at radius 3 is 2.32 bits per heavy atom. The normalized spacial score (nSPS) is 11.3. The van der Waals surface area contributed by atoms with E-state index in [4.69, 9.17) is 0 Å². The minimum Gasteiger partial charge on any atom is -0.350 e. The van der Waals surface area contributed by atoms with Crippen LogP contribution in [-0.4, -0.2) is 4.92 Å². The van der Waals surface area contributed by atoms with E-state index in [9.17, 15) is 23.3 Å². The summed E-state index contributed by atoms with van der Waals surface area (Å²) in [5, 5.41) is 13.9. The Balaban J connectivity index is 2.47. The molecular weight excluding hydrogens is 297 g/mol. The van der Waals surface area contributed by atoms with Crippen molar-refractivity contribution in [3.8, 4) is 0 Å². The molecule has 0 atom stereocenters. The van der Waals surface area contributed by atoms with Gasteiger partial charge >= 0.3 is 6.18 Å². The summed E-state index contributed by atoms with van der Waals surface area (Å²) in [5.74, 6) is 0. The molecule has 0 aliphatic heterocycles. The fraction of sp³-hybridized carbons (Fsp3) is 0.200. The first-order valence-corrected chi connectivity index (χ1v) is 6.38. The number of nitro benzene ring substituents is 1. The number of nitrogens with one attached hydrogen (secondary N) is 1. The van der Waals surface area contributed by atoms with Gasteiger partial charge in [0, 0.05) is 11.8 Å². The summed E-state index contributed by atoms with van der Waals surface area (Å²) in [7, 11) is 0. The highest BCUT2D eigenvalue weighted by molar-refractivity contribution is 5.72. The SMILES string of the molecule is Cc1ccc(C)c(Nc2ccc(C(F)(F)F)cc2[N+](=O)[O-])c1. The predicted molar refractivity (Wildman–Crippen MR) is 77.3 cm³/mol. The third-order valence-corrected chi connectivity index (χ3v) is 3.18. The van der Waals surface area contributed by atoms with Crippen LogP contribution < -0.4 is 5.32 Å². The van der Waals surface area contributed by atoms with Crippen LogP contribution in [-0.2, 0) is 6.18 Å². The van der Waals surface area contributed by atoms with Crippen molar-refractivity contribution in [3.63, 3.8) is 0 Å². The van der Waals surface area contributed by atoms with Gasteiger partial charge < -0.3 is 5.32 Å². The lowest BCUT2D eigenvalue weighted by Gasteiger charge is -2.12. The van der Waals surface area contributed by atoms with Crippen molar-refractivity contribution in [2.75, 3.05) is 5.32 Å². The minimum absolute atomic E-state index is 0.0201. The molecule has 0 heterocycles. The number of alkyl halides is 3. The molecule has 2 rings (SSSR count). The van der Waals surface area contributed by atoms with Crippen molar-refractivity contribution in [2.45, 2.75) is 20.0 Å².